The van der Waals surface area contributed by atoms with Gasteiger partial charge in [0.15, 0.2) is 0 Å². The maximum Gasteiger partial charge on any atom is 0.126 e. The van der Waals surface area contributed by atoms with Crippen molar-refractivity contribution in [3.63, 3.8) is 0 Å². The third-order valence-corrected chi connectivity index (χ3v) is 2.60. The predicted molar refractivity (Wildman–Crippen MR) is 69.1 cm³/mol. The van der Waals surface area contributed by atoms with Crippen molar-refractivity contribution in [1.82, 2.24) is 0 Å². The fraction of sp³-hybridized carbons (Fsp3) is 0.467. The van der Waals surface area contributed by atoms with E-state index in [9.17, 15) is 4.39 Å². The topological polar surface area (TPSA) is 0 Å². The van der Waals surface area contributed by atoms with Crippen LogP contribution in [0.2, 0.25) is 0 Å². The third kappa shape index (κ3) is 3.80. The van der Waals surface area contributed by atoms with Crippen molar-refractivity contribution in [2.45, 2.75) is 40.0 Å². The van der Waals surface area contributed by atoms with Crippen LogP contribution < -0.4 is 0 Å². The molecule has 0 aliphatic rings. The molecule has 0 spiro atoms. The maximum absolute atomic E-state index is 13.8. The minimum absolute atomic E-state index is 0.101. The Kier molecular flexibility index (Phi) is 4.72. The van der Waals surface area contributed by atoms with Gasteiger partial charge in [-0.25, -0.2) is 4.39 Å². The van der Waals surface area contributed by atoms with Crippen LogP contribution in [0.5, 0.6) is 0 Å². The van der Waals surface area contributed by atoms with Crippen LogP contribution >= 0.6 is 0 Å². The standard InChI is InChI=1S/C15H21F/c1-11(2)8-9-15(16)14-7-5-6-13(10-14)12(3)4/h5-7,9-12H,8H2,1-4H3/b15-9-. The SMILES string of the molecule is CC(C)C/C=C(\F)c1cccc(C(C)C)c1. The molecule has 0 N–H and O–H groups in total. The molecule has 0 amide bonds. The summed E-state index contributed by atoms with van der Waals surface area (Å²) in [7, 11) is 0. The van der Waals surface area contributed by atoms with E-state index < -0.39 is 0 Å². The molecular formula is C15H21F. The van der Waals surface area contributed by atoms with Crippen LogP contribution in [-0.2, 0) is 0 Å². The smallest absolute Gasteiger partial charge is 0.126 e. The predicted octanol–water partition coefficient (Wildman–Crippen LogP) is 5.17. The van der Waals surface area contributed by atoms with Crippen LogP contribution in [0.1, 0.15) is 51.2 Å². The molecule has 1 aromatic rings. The van der Waals surface area contributed by atoms with E-state index in [1.165, 1.54) is 5.56 Å². The highest BCUT2D eigenvalue weighted by atomic mass is 19.1. The molecule has 0 aliphatic heterocycles. The van der Waals surface area contributed by atoms with Crippen molar-refractivity contribution in [2.75, 3.05) is 0 Å². The van der Waals surface area contributed by atoms with E-state index in [0.29, 0.717) is 17.4 Å². The molecular weight excluding hydrogens is 199 g/mol. The summed E-state index contributed by atoms with van der Waals surface area (Å²) in [6.45, 7) is 8.42. The second-order valence-electron chi connectivity index (χ2n) is 4.96. The molecule has 16 heavy (non-hydrogen) atoms. The lowest BCUT2D eigenvalue weighted by atomic mass is 10.00. The van der Waals surface area contributed by atoms with Crippen molar-refractivity contribution in [3.8, 4) is 0 Å². The van der Waals surface area contributed by atoms with Crippen molar-refractivity contribution in [1.29, 1.82) is 0 Å². The summed E-state index contributed by atoms with van der Waals surface area (Å²) in [5.74, 6) is 0.841. The Labute approximate surface area is 98.2 Å². The zero-order chi connectivity index (χ0) is 12.1. The van der Waals surface area contributed by atoms with Gasteiger partial charge in [-0.1, -0.05) is 45.9 Å². The van der Waals surface area contributed by atoms with E-state index in [-0.39, 0.29) is 5.83 Å². The minimum atomic E-state index is -0.101. The van der Waals surface area contributed by atoms with E-state index >= 15 is 0 Å². The molecule has 0 radical (unpaired) electrons. The second kappa shape index (κ2) is 5.83. The molecule has 0 fully saturated rings. The number of benzene rings is 1. The highest BCUT2D eigenvalue weighted by molar-refractivity contribution is 5.59. The van der Waals surface area contributed by atoms with Gasteiger partial charge in [0, 0.05) is 5.56 Å². The molecule has 1 rings (SSSR count). The number of halogens is 1. The molecule has 1 heteroatoms. The Balaban J connectivity index is 2.87. The van der Waals surface area contributed by atoms with E-state index in [1.54, 1.807) is 6.08 Å². The first kappa shape index (κ1) is 13.0. The van der Waals surface area contributed by atoms with Crippen LogP contribution in [0.25, 0.3) is 5.83 Å². The fourth-order valence-corrected chi connectivity index (χ4v) is 1.50. The van der Waals surface area contributed by atoms with E-state index in [1.807, 2.05) is 24.3 Å². The van der Waals surface area contributed by atoms with Gasteiger partial charge in [-0.05, 0) is 36.0 Å². The van der Waals surface area contributed by atoms with Gasteiger partial charge in [0.1, 0.15) is 5.83 Å². The Morgan fingerprint density at radius 3 is 2.50 bits per heavy atom. The van der Waals surface area contributed by atoms with Crippen LogP contribution in [0.3, 0.4) is 0 Å². The molecule has 1 aromatic carbocycles. The molecule has 0 atom stereocenters. The van der Waals surface area contributed by atoms with E-state index in [2.05, 4.69) is 27.7 Å². The summed E-state index contributed by atoms with van der Waals surface area (Å²) in [5.41, 5.74) is 1.89. The van der Waals surface area contributed by atoms with Gasteiger partial charge in [0.25, 0.3) is 0 Å². The summed E-state index contributed by atoms with van der Waals surface area (Å²) in [6.07, 6.45) is 2.47. The van der Waals surface area contributed by atoms with Crippen molar-refractivity contribution in [3.05, 3.63) is 41.5 Å². The van der Waals surface area contributed by atoms with Crippen LogP contribution in [0.4, 0.5) is 4.39 Å². The highest BCUT2D eigenvalue weighted by Crippen LogP contribution is 2.22. The first-order valence-electron chi connectivity index (χ1n) is 5.96. The molecule has 0 saturated heterocycles. The molecule has 0 nitrogen and oxygen atoms in total. The molecule has 0 unspecified atom stereocenters. The van der Waals surface area contributed by atoms with E-state index in [4.69, 9.17) is 0 Å². The quantitative estimate of drug-likeness (QED) is 0.657. The van der Waals surface area contributed by atoms with Crippen molar-refractivity contribution < 1.29 is 4.39 Å². The van der Waals surface area contributed by atoms with Gasteiger partial charge >= 0.3 is 0 Å². The lowest BCUT2D eigenvalue weighted by Gasteiger charge is -2.07. The third-order valence-electron chi connectivity index (χ3n) is 2.60. The largest absolute Gasteiger partial charge is 0.207 e. The minimum Gasteiger partial charge on any atom is -0.207 e. The molecule has 0 bridgehead atoms. The van der Waals surface area contributed by atoms with Gasteiger partial charge in [-0.3, -0.25) is 0 Å². The normalized spacial score (nSPS) is 12.6. The molecule has 0 saturated carbocycles. The van der Waals surface area contributed by atoms with Crippen LogP contribution in [0, 0.1) is 5.92 Å². The zero-order valence-electron chi connectivity index (χ0n) is 10.6. The second-order valence-corrected chi connectivity index (χ2v) is 4.96. The maximum atomic E-state index is 13.8. The van der Waals surface area contributed by atoms with Crippen molar-refractivity contribution in [2.24, 2.45) is 5.92 Å². The molecule has 0 heterocycles. The Bertz CT molecular complexity index is 361. The summed E-state index contributed by atoms with van der Waals surface area (Å²) in [5, 5.41) is 0. The summed E-state index contributed by atoms with van der Waals surface area (Å²) in [6, 6.07) is 7.74. The highest BCUT2D eigenvalue weighted by Gasteiger charge is 2.04. The van der Waals surface area contributed by atoms with Crippen LogP contribution in [0.15, 0.2) is 30.3 Å². The van der Waals surface area contributed by atoms with Gasteiger partial charge in [0.2, 0.25) is 0 Å². The monoisotopic (exact) mass is 220 g/mol. The average molecular weight is 220 g/mol. The van der Waals surface area contributed by atoms with Gasteiger partial charge in [-0.15, -0.1) is 0 Å². The lowest BCUT2D eigenvalue weighted by molar-refractivity contribution is 0.653. The average Bonchev–Trinajstić information content (AvgIpc) is 2.26. The number of hydrogen-bond donors (Lipinski definition) is 0. The Hall–Kier alpha value is -1.11. The van der Waals surface area contributed by atoms with Crippen molar-refractivity contribution >= 4 is 5.83 Å². The Morgan fingerprint density at radius 2 is 1.94 bits per heavy atom. The zero-order valence-corrected chi connectivity index (χ0v) is 10.6. The van der Waals surface area contributed by atoms with E-state index in [0.717, 1.165) is 6.42 Å². The van der Waals surface area contributed by atoms with Gasteiger partial charge in [0.05, 0.1) is 0 Å². The lowest BCUT2D eigenvalue weighted by Crippen LogP contribution is -1.89. The molecule has 0 aromatic heterocycles. The number of hydrogen-bond acceptors (Lipinski definition) is 0. The molecule has 88 valence electrons. The summed E-state index contributed by atoms with van der Waals surface area (Å²) < 4.78 is 13.8. The first-order chi connectivity index (χ1) is 7.50. The van der Waals surface area contributed by atoms with Gasteiger partial charge < -0.3 is 0 Å². The summed E-state index contributed by atoms with van der Waals surface area (Å²) >= 11 is 0. The first-order valence-corrected chi connectivity index (χ1v) is 5.96. The Morgan fingerprint density at radius 1 is 1.25 bits per heavy atom. The summed E-state index contributed by atoms with van der Waals surface area (Å²) in [4.78, 5) is 0. The fourth-order valence-electron chi connectivity index (χ4n) is 1.50. The molecule has 0 aliphatic carbocycles. The van der Waals surface area contributed by atoms with Crippen LogP contribution in [-0.4, -0.2) is 0 Å². The number of rotatable bonds is 4. The number of allylic oxidation sites excluding steroid dienone is 1. The van der Waals surface area contributed by atoms with Gasteiger partial charge in [-0.2, -0.15) is 0 Å².